The highest BCUT2D eigenvalue weighted by Crippen LogP contribution is 2.26. The number of benzene rings is 2. The molecular weight excluding hydrogens is 392 g/mol. The van der Waals surface area contributed by atoms with Gasteiger partial charge < -0.3 is 9.64 Å². The predicted octanol–water partition coefficient (Wildman–Crippen LogP) is 4.76. The van der Waals surface area contributed by atoms with Gasteiger partial charge in [0.2, 0.25) is 5.91 Å². The summed E-state index contributed by atoms with van der Waals surface area (Å²) in [6, 6.07) is 12.8. The van der Waals surface area contributed by atoms with Gasteiger partial charge in [-0.05, 0) is 55.7 Å². The van der Waals surface area contributed by atoms with Crippen LogP contribution in [0.2, 0.25) is 5.02 Å². The molecule has 0 heterocycles. The maximum absolute atomic E-state index is 13.3. The molecule has 0 aliphatic rings. The number of anilines is 1. The average molecular weight is 419 g/mol. The molecule has 2 rings (SSSR count). The lowest BCUT2D eigenvalue weighted by Gasteiger charge is -2.24. The summed E-state index contributed by atoms with van der Waals surface area (Å²) >= 11 is 6.32. The van der Waals surface area contributed by atoms with Crippen LogP contribution in [0.4, 0.5) is 5.69 Å². The van der Waals surface area contributed by atoms with E-state index in [-0.39, 0.29) is 18.2 Å². The van der Waals surface area contributed by atoms with E-state index in [0.717, 1.165) is 36.3 Å². The molecule has 2 aromatic rings. The fourth-order valence-corrected chi connectivity index (χ4v) is 3.42. The maximum Gasteiger partial charge on any atom is 0.260 e. The maximum atomic E-state index is 13.3. The summed E-state index contributed by atoms with van der Waals surface area (Å²) in [7, 11) is 1.60. The molecule has 0 bridgehead atoms. The van der Waals surface area contributed by atoms with Crippen LogP contribution in [0.1, 0.15) is 48.0 Å². The highest BCUT2D eigenvalue weighted by atomic mass is 35.5. The van der Waals surface area contributed by atoms with Crippen molar-refractivity contribution in [3.05, 3.63) is 58.6 Å². The molecule has 0 fully saturated rings. The third kappa shape index (κ3) is 6.48. The fourth-order valence-electron chi connectivity index (χ4n) is 3.11. The number of aryl methyl sites for hydroxylation is 1. The van der Waals surface area contributed by atoms with Crippen molar-refractivity contribution in [2.45, 2.75) is 39.0 Å². The molecule has 29 heavy (non-hydrogen) atoms. The van der Waals surface area contributed by atoms with Gasteiger partial charge in [0.25, 0.3) is 5.91 Å². The Kier molecular flexibility index (Phi) is 8.96. The molecule has 0 aromatic heterocycles. The molecule has 2 N–H and O–H groups in total. The number of hydrogen-bond donors (Lipinski definition) is 2. The van der Waals surface area contributed by atoms with Crippen LogP contribution in [-0.2, 0) is 4.79 Å². The first-order valence-electron chi connectivity index (χ1n) is 9.62. The minimum Gasteiger partial charge on any atom is -0.497 e. The Morgan fingerprint density at radius 1 is 1.07 bits per heavy atom. The van der Waals surface area contributed by atoms with E-state index < -0.39 is 0 Å². The number of hydrogen-bond acceptors (Lipinski definition) is 4. The Morgan fingerprint density at radius 3 is 2.38 bits per heavy atom. The number of methoxy groups -OCH3 is 1. The van der Waals surface area contributed by atoms with E-state index in [1.165, 1.54) is 0 Å². The molecule has 7 heteroatoms. The minimum absolute atomic E-state index is 0.141. The van der Waals surface area contributed by atoms with E-state index in [9.17, 15) is 9.59 Å². The number of carbonyl (C=O) groups excluding carboxylic acids is 2. The van der Waals surface area contributed by atoms with Gasteiger partial charge in [0, 0.05) is 18.7 Å². The van der Waals surface area contributed by atoms with Crippen molar-refractivity contribution in [3.8, 4) is 5.75 Å². The number of ether oxygens (including phenoxy) is 1. The molecule has 0 saturated heterocycles. The molecule has 0 aliphatic carbocycles. The molecule has 0 atom stereocenters. The number of nitrogens with one attached hydrogen (secondary N) is 1. The highest BCUT2D eigenvalue weighted by molar-refractivity contribution is 6.34. The Bertz CT molecular complexity index is 804. The third-order valence-electron chi connectivity index (χ3n) is 4.73. The second-order valence-electron chi connectivity index (χ2n) is 6.79. The van der Waals surface area contributed by atoms with E-state index in [2.05, 4.69) is 0 Å². The predicted molar refractivity (Wildman–Crippen MR) is 114 cm³/mol. The van der Waals surface area contributed by atoms with Gasteiger partial charge in [0.05, 0.1) is 17.7 Å². The smallest absolute Gasteiger partial charge is 0.260 e. The summed E-state index contributed by atoms with van der Waals surface area (Å²) in [6.07, 6.45) is 3.45. The van der Waals surface area contributed by atoms with Crippen molar-refractivity contribution in [1.82, 2.24) is 5.48 Å². The minimum atomic E-state index is -0.380. The normalized spacial score (nSPS) is 10.5. The molecular formula is C22H27ClN2O4. The summed E-state index contributed by atoms with van der Waals surface area (Å²) in [5, 5.41) is 8.96. The molecule has 0 saturated carbocycles. The van der Waals surface area contributed by atoms with Gasteiger partial charge in [-0.1, -0.05) is 36.6 Å². The van der Waals surface area contributed by atoms with Gasteiger partial charge in [-0.25, -0.2) is 5.48 Å². The summed E-state index contributed by atoms with van der Waals surface area (Å²) < 4.78 is 5.21. The van der Waals surface area contributed by atoms with Crippen LogP contribution >= 0.6 is 11.6 Å². The van der Waals surface area contributed by atoms with Crippen molar-refractivity contribution in [2.75, 3.05) is 18.6 Å². The van der Waals surface area contributed by atoms with Crippen LogP contribution in [0.15, 0.2) is 42.5 Å². The van der Waals surface area contributed by atoms with E-state index in [1.54, 1.807) is 23.6 Å². The zero-order chi connectivity index (χ0) is 21.2. The summed E-state index contributed by atoms with van der Waals surface area (Å²) in [5.74, 6) is 0.199. The molecule has 0 unspecified atom stereocenters. The Labute approximate surface area is 176 Å². The molecule has 2 aromatic carbocycles. The van der Waals surface area contributed by atoms with Crippen LogP contribution in [0.25, 0.3) is 0 Å². The standard InChI is InChI=1S/C22H27ClN2O4/c1-16-8-7-9-19(23)21(16)22(27)25(17-11-13-18(29-2)14-12-17)15-6-4-3-5-10-20(26)24-28/h7-9,11-14,28H,3-6,10,15H2,1-2H3,(H,24,26). The number of halogens is 1. The fraction of sp³-hybridized carbons (Fsp3) is 0.364. The number of rotatable bonds is 10. The molecule has 0 radical (unpaired) electrons. The van der Waals surface area contributed by atoms with Crippen LogP contribution in [-0.4, -0.2) is 30.7 Å². The number of carbonyl (C=O) groups is 2. The van der Waals surface area contributed by atoms with Gasteiger partial charge >= 0.3 is 0 Å². The summed E-state index contributed by atoms with van der Waals surface area (Å²) in [5.41, 5.74) is 3.74. The van der Waals surface area contributed by atoms with Crippen molar-refractivity contribution < 1.29 is 19.5 Å². The third-order valence-corrected chi connectivity index (χ3v) is 5.04. The van der Waals surface area contributed by atoms with E-state index in [4.69, 9.17) is 21.5 Å². The summed E-state index contributed by atoms with van der Waals surface area (Å²) in [6.45, 7) is 2.40. The number of nitrogens with zero attached hydrogens (tertiary/aromatic N) is 1. The van der Waals surface area contributed by atoms with Crippen LogP contribution < -0.4 is 15.1 Å². The van der Waals surface area contributed by atoms with Crippen molar-refractivity contribution in [1.29, 1.82) is 0 Å². The van der Waals surface area contributed by atoms with Crippen molar-refractivity contribution in [2.24, 2.45) is 0 Å². The van der Waals surface area contributed by atoms with Gasteiger partial charge in [-0.3, -0.25) is 14.8 Å². The zero-order valence-corrected chi connectivity index (χ0v) is 17.5. The van der Waals surface area contributed by atoms with Crippen molar-refractivity contribution in [3.63, 3.8) is 0 Å². The molecule has 156 valence electrons. The van der Waals surface area contributed by atoms with Crippen molar-refractivity contribution >= 4 is 29.1 Å². The average Bonchev–Trinajstić information content (AvgIpc) is 2.73. The molecule has 6 nitrogen and oxygen atoms in total. The first-order chi connectivity index (χ1) is 14.0. The van der Waals surface area contributed by atoms with E-state index in [1.807, 2.05) is 43.3 Å². The SMILES string of the molecule is COc1ccc(N(CCCCCCC(=O)NO)C(=O)c2c(C)cccc2Cl)cc1. The topological polar surface area (TPSA) is 78.9 Å². The molecule has 0 spiro atoms. The first kappa shape index (κ1) is 22.7. The monoisotopic (exact) mass is 418 g/mol. The molecule has 0 aliphatic heterocycles. The lowest BCUT2D eigenvalue weighted by atomic mass is 10.1. The molecule has 2 amide bonds. The zero-order valence-electron chi connectivity index (χ0n) is 16.8. The Morgan fingerprint density at radius 2 is 1.76 bits per heavy atom. The van der Waals surface area contributed by atoms with E-state index in [0.29, 0.717) is 23.6 Å². The lowest BCUT2D eigenvalue weighted by molar-refractivity contribution is -0.129. The largest absolute Gasteiger partial charge is 0.497 e. The van der Waals surface area contributed by atoms with Gasteiger partial charge in [0.1, 0.15) is 5.75 Å². The lowest BCUT2D eigenvalue weighted by Crippen LogP contribution is -2.32. The number of hydroxylamine groups is 1. The van der Waals surface area contributed by atoms with Gasteiger partial charge in [-0.2, -0.15) is 0 Å². The Balaban J connectivity index is 2.11. The first-order valence-corrected chi connectivity index (χ1v) is 9.99. The number of amides is 2. The van der Waals surface area contributed by atoms with Crippen LogP contribution in [0.3, 0.4) is 0 Å². The Hall–Kier alpha value is -2.57. The van der Waals surface area contributed by atoms with Gasteiger partial charge in [-0.15, -0.1) is 0 Å². The second-order valence-corrected chi connectivity index (χ2v) is 7.19. The quantitative estimate of drug-likeness (QED) is 0.331. The van der Waals surface area contributed by atoms with Crippen LogP contribution in [0, 0.1) is 6.92 Å². The highest BCUT2D eigenvalue weighted by Gasteiger charge is 2.21. The van der Waals surface area contributed by atoms with Crippen LogP contribution in [0.5, 0.6) is 5.75 Å². The second kappa shape index (κ2) is 11.4. The number of unbranched alkanes of at least 4 members (excludes halogenated alkanes) is 3. The van der Waals surface area contributed by atoms with Gasteiger partial charge in [0.15, 0.2) is 0 Å². The summed E-state index contributed by atoms with van der Waals surface area (Å²) in [4.78, 5) is 26.1. The van der Waals surface area contributed by atoms with E-state index >= 15 is 0 Å².